The molecule has 2 rings (SSSR count). The van der Waals surface area contributed by atoms with E-state index in [1.807, 2.05) is 37.3 Å². The summed E-state index contributed by atoms with van der Waals surface area (Å²) in [5, 5.41) is 21.6. The van der Waals surface area contributed by atoms with Gasteiger partial charge in [-0.25, -0.2) is 0 Å². The van der Waals surface area contributed by atoms with Crippen molar-refractivity contribution in [3.05, 3.63) is 94.6 Å². The zero-order valence-corrected chi connectivity index (χ0v) is 12.9. The highest BCUT2D eigenvalue weighted by Crippen LogP contribution is 2.30. The molecule has 2 aromatic rings. The van der Waals surface area contributed by atoms with Crippen molar-refractivity contribution in [3.63, 3.8) is 0 Å². The van der Waals surface area contributed by atoms with Crippen molar-refractivity contribution in [2.45, 2.75) is 18.4 Å². The molecule has 0 bridgehead atoms. The molecule has 4 nitrogen and oxygen atoms in total. The van der Waals surface area contributed by atoms with E-state index in [9.17, 15) is 15.2 Å². The van der Waals surface area contributed by atoms with Crippen molar-refractivity contribution in [1.82, 2.24) is 0 Å². The number of aliphatic hydroxyl groups is 1. The summed E-state index contributed by atoms with van der Waals surface area (Å²) in [5.41, 5.74) is 0.711. The first-order valence-corrected chi connectivity index (χ1v) is 7.28. The van der Waals surface area contributed by atoms with Gasteiger partial charge in [0.25, 0.3) is 5.69 Å². The average molecular weight is 309 g/mol. The first-order valence-electron chi connectivity index (χ1n) is 7.28. The lowest BCUT2D eigenvalue weighted by Gasteiger charge is -2.30. The van der Waals surface area contributed by atoms with E-state index in [-0.39, 0.29) is 5.69 Å². The molecule has 2 unspecified atom stereocenters. The van der Waals surface area contributed by atoms with Gasteiger partial charge in [0.1, 0.15) is 0 Å². The zero-order valence-electron chi connectivity index (χ0n) is 12.9. The largest absolute Gasteiger partial charge is 0.388 e. The highest BCUT2D eigenvalue weighted by Gasteiger charge is 2.30. The standard InChI is InChI=1S/C19H19NO3/c1-3-19(2,16-10-5-4-6-11-16)18(21)14-13-15-9-7-8-12-17(15)20(22)23/h3-14,18,21H,1H2,2H3/b14-13+. The van der Waals surface area contributed by atoms with Gasteiger partial charge in [-0.3, -0.25) is 10.1 Å². The molecular weight excluding hydrogens is 290 g/mol. The van der Waals surface area contributed by atoms with Gasteiger partial charge < -0.3 is 5.11 Å². The minimum atomic E-state index is -0.859. The molecule has 1 N–H and O–H groups in total. The van der Waals surface area contributed by atoms with E-state index in [4.69, 9.17) is 0 Å². The fourth-order valence-electron chi connectivity index (χ4n) is 2.40. The molecule has 0 spiro atoms. The number of rotatable bonds is 6. The average Bonchev–Trinajstić information content (AvgIpc) is 2.59. The molecule has 0 aliphatic heterocycles. The van der Waals surface area contributed by atoms with Crippen molar-refractivity contribution in [2.75, 3.05) is 0 Å². The Morgan fingerprint density at radius 2 is 1.78 bits per heavy atom. The number of nitro groups is 1. The third-order valence-electron chi connectivity index (χ3n) is 4.03. The van der Waals surface area contributed by atoms with Crippen LogP contribution in [-0.2, 0) is 5.41 Å². The van der Waals surface area contributed by atoms with Crippen LogP contribution in [0, 0.1) is 10.1 Å². The van der Waals surface area contributed by atoms with Crippen LogP contribution >= 0.6 is 0 Å². The molecule has 0 saturated heterocycles. The maximum absolute atomic E-state index is 11.0. The lowest BCUT2D eigenvalue weighted by molar-refractivity contribution is -0.385. The van der Waals surface area contributed by atoms with E-state index in [0.29, 0.717) is 5.56 Å². The van der Waals surface area contributed by atoms with Gasteiger partial charge in [0, 0.05) is 11.5 Å². The van der Waals surface area contributed by atoms with Gasteiger partial charge in [0.2, 0.25) is 0 Å². The molecule has 0 radical (unpaired) electrons. The minimum absolute atomic E-state index is 0.0102. The molecule has 0 heterocycles. The van der Waals surface area contributed by atoms with Crippen LogP contribution in [0.3, 0.4) is 0 Å². The van der Waals surface area contributed by atoms with Gasteiger partial charge in [-0.1, -0.05) is 54.6 Å². The van der Waals surface area contributed by atoms with Crippen LogP contribution < -0.4 is 0 Å². The van der Waals surface area contributed by atoms with Crippen molar-refractivity contribution in [2.24, 2.45) is 0 Å². The molecule has 23 heavy (non-hydrogen) atoms. The molecule has 0 amide bonds. The van der Waals surface area contributed by atoms with Crippen molar-refractivity contribution in [3.8, 4) is 0 Å². The fourth-order valence-corrected chi connectivity index (χ4v) is 2.40. The summed E-state index contributed by atoms with van der Waals surface area (Å²) in [6, 6.07) is 16.0. The Labute approximate surface area is 135 Å². The smallest absolute Gasteiger partial charge is 0.276 e. The van der Waals surface area contributed by atoms with Crippen molar-refractivity contribution < 1.29 is 10.0 Å². The normalized spacial score (nSPS) is 15.0. The highest BCUT2D eigenvalue weighted by molar-refractivity contribution is 5.61. The topological polar surface area (TPSA) is 63.4 Å². The van der Waals surface area contributed by atoms with Crippen LogP contribution in [0.4, 0.5) is 5.69 Å². The molecule has 0 aromatic heterocycles. The Hall–Kier alpha value is -2.72. The Morgan fingerprint density at radius 1 is 1.17 bits per heavy atom. The van der Waals surface area contributed by atoms with Gasteiger partial charge in [-0.15, -0.1) is 6.58 Å². The summed E-state index contributed by atoms with van der Waals surface area (Å²) in [5.74, 6) is 0. The third-order valence-corrected chi connectivity index (χ3v) is 4.03. The molecule has 0 fully saturated rings. The second-order valence-electron chi connectivity index (χ2n) is 5.47. The number of hydrogen-bond donors (Lipinski definition) is 1. The number of aliphatic hydroxyl groups excluding tert-OH is 1. The lowest BCUT2D eigenvalue weighted by Crippen LogP contribution is -2.33. The monoisotopic (exact) mass is 309 g/mol. The van der Waals surface area contributed by atoms with E-state index in [1.54, 1.807) is 36.4 Å². The van der Waals surface area contributed by atoms with Crippen LogP contribution in [0.15, 0.2) is 73.3 Å². The second-order valence-corrected chi connectivity index (χ2v) is 5.47. The second kappa shape index (κ2) is 7.03. The Balaban J connectivity index is 2.32. The number of para-hydroxylation sites is 1. The Morgan fingerprint density at radius 3 is 2.39 bits per heavy atom. The number of benzene rings is 2. The maximum Gasteiger partial charge on any atom is 0.276 e. The highest BCUT2D eigenvalue weighted by atomic mass is 16.6. The van der Waals surface area contributed by atoms with Gasteiger partial charge in [0.05, 0.1) is 16.6 Å². The summed E-state index contributed by atoms with van der Waals surface area (Å²) in [7, 11) is 0. The van der Waals surface area contributed by atoms with Crippen LogP contribution in [0.2, 0.25) is 0 Å². The fraction of sp³-hybridized carbons (Fsp3) is 0.158. The Kier molecular flexibility index (Phi) is 5.09. The molecule has 2 atom stereocenters. The quantitative estimate of drug-likeness (QED) is 0.496. The van der Waals surface area contributed by atoms with Gasteiger partial charge in [0.15, 0.2) is 0 Å². The van der Waals surface area contributed by atoms with Gasteiger partial charge in [-0.2, -0.15) is 0 Å². The molecule has 0 saturated carbocycles. The predicted molar refractivity (Wildman–Crippen MR) is 92.1 cm³/mol. The van der Waals surface area contributed by atoms with Crippen LogP contribution in [0.1, 0.15) is 18.1 Å². The lowest BCUT2D eigenvalue weighted by atomic mass is 9.77. The Bertz CT molecular complexity index is 724. The number of hydrogen-bond acceptors (Lipinski definition) is 3. The van der Waals surface area contributed by atoms with Crippen molar-refractivity contribution >= 4 is 11.8 Å². The molecule has 0 aliphatic carbocycles. The van der Waals surface area contributed by atoms with Crippen LogP contribution in [0.5, 0.6) is 0 Å². The summed E-state index contributed by atoms with van der Waals surface area (Å²) >= 11 is 0. The van der Waals surface area contributed by atoms with Crippen LogP contribution in [-0.4, -0.2) is 16.1 Å². The van der Waals surface area contributed by atoms with E-state index in [0.717, 1.165) is 5.56 Å². The molecular formula is C19H19NO3. The van der Waals surface area contributed by atoms with Crippen molar-refractivity contribution in [1.29, 1.82) is 0 Å². The zero-order chi connectivity index (χ0) is 16.9. The number of nitro benzene ring substituents is 1. The van der Waals surface area contributed by atoms with E-state index in [2.05, 4.69) is 6.58 Å². The SMILES string of the molecule is C=CC(C)(c1ccccc1)C(O)/C=C/c1ccccc1[N+](=O)[O-]. The van der Waals surface area contributed by atoms with Gasteiger partial charge >= 0.3 is 0 Å². The molecule has 118 valence electrons. The van der Waals surface area contributed by atoms with Crippen LogP contribution in [0.25, 0.3) is 6.08 Å². The van der Waals surface area contributed by atoms with Gasteiger partial charge in [-0.05, 0) is 24.6 Å². The number of nitrogens with zero attached hydrogens (tertiary/aromatic N) is 1. The summed E-state index contributed by atoms with van der Waals surface area (Å²) in [6.45, 7) is 5.71. The summed E-state index contributed by atoms with van der Waals surface area (Å²) in [6.07, 6.45) is 3.98. The summed E-state index contributed by atoms with van der Waals surface area (Å²) in [4.78, 5) is 10.6. The first kappa shape index (κ1) is 16.6. The summed E-state index contributed by atoms with van der Waals surface area (Å²) < 4.78 is 0. The molecule has 2 aromatic carbocycles. The van der Waals surface area contributed by atoms with E-state index >= 15 is 0 Å². The van der Waals surface area contributed by atoms with E-state index < -0.39 is 16.4 Å². The molecule has 4 heteroatoms. The van der Waals surface area contributed by atoms with E-state index in [1.165, 1.54) is 6.07 Å². The predicted octanol–water partition coefficient (Wildman–Crippen LogP) is 4.11. The minimum Gasteiger partial charge on any atom is -0.388 e. The first-order chi connectivity index (χ1) is 11.0. The maximum atomic E-state index is 11.0. The molecule has 0 aliphatic rings. The third kappa shape index (κ3) is 3.55.